The van der Waals surface area contributed by atoms with Gasteiger partial charge in [-0.3, -0.25) is 9.52 Å². The van der Waals surface area contributed by atoms with Crippen molar-refractivity contribution in [2.24, 2.45) is 0 Å². The minimum atomic E-state index is -1.20. The first-order valence-electron chi connectivity index (χ1n) is 12.2. The third kappa shape index (κ3) is 5.63. The highest BCUT2D eigenvalue weighted by atomic mass is 16.7. The summed E-state index contributed by atoms with van der Waals surface area (Å²) >= 11 is 0. The van der Waals surface area contributed by atoms with Gasteiger partial charge in [-0.2, -0.15) is 10.2 Å². The van der Waals surface area contributed by atoms with E-state index >= 15 is 0 Å². The Kier molecular flexibility index (Phi) is 7.05. The van der Waals surface area contributed by atoms with Crippen molar-refractivity contribution in [2.75, 3.05) is 13.1 Å². The number of ether oxygens (including phenoxy) is 1. The van der Waals surface area contributed by atoms with Crippen molar-refractivity contribution in [1.82, 2.24) is 30.4 Å². The molecule has 4 rings (SSSR count). The number of urea groups is 1. The molecule has 1 aromatic heterocycles. The maximum Gasteiger partial charge on any atom is 0.407 e. The Morgan fingerprint density at radius 3 is 2.51 bits per heavy atom. The fourth-order valence-electron chi connectivity index (χ4n) is 4.85. The highest BCUT2D eigenvalue weighted by Crippen LogP contribution is 2.47. The van der Waals surface area contributed by atoms with Crippen LogP contribution in [0.5, 0.6) is 0 Å². The minimum Gasteiger partial charge on any atom is -0.465 e. The number of benzene rings is 1. The van der Waals surface area contributed by atoms with Gasteiger partial charge in [-0.1, -0.05) is 30.3 Å². The van der Waals surface area contributed by atoms with E-state index in [9.17, 15) is 19.5 Å². The van der Waals surface area contributed by atoms with Crippen LogP contribution in [0.25, 0.3) is 0 Å². The summed E-state index contributed by atoms with van der Waals surface area (Å²) in [7, 11) is 0. The molecule has 2 aromatic rings. The maximum absolute atomic E-state index is 13.5. The average Bonchev–Trinajstić information content (AvgIpc) is 3.31. The summed E-state index contributed by atoms with van der Waals surface area (Å²) in [4.78, 5) is 44.8. The van der Waals surface area contributed by atoms with Crippen LogP contribution in [-0.2, 0) is 22.7 Å². The topological polar surface area (TPSA) is 138 Å². The summed E-state index contributed by atoms with van der Waals surface area (Å²) in [6, 6.07) is 8.12. The number of amides is 4. The van der Waals surface area contributed by atoms with E-state index < -0.39 is 35.4 Å². The van der Waals surface area contributed by atoms with Crippen molar-refractivity contribution in [3.63, 3.8) is 0 Å². The number of carbonyl (C=O) groups excluding carboxylic acids is 2. The molecule has 12 heteroatoms. The monoisotopic (exact) mass is 514 g/mol. The molecule has 1 unspecified atom stereocenters. The van der Waals surface area contributed by atoms with Crippen LogP contribution in [0.1, 0.15) is 63.5 Å². The van der Waals surface area contributed by atoms with Crippen LogP contribution in [0, 0.1) is 0 Å². The molecule has 0 aliphatic carbocycles. The van der Waals surface area contributed by atoms with E-state index in [-0.39, 0.29) is 19.2 Å². The van der Waals surface area contributed by atoms with Gasteiger partial charge >= 0.3 is 18.2 Å². The number of hydroxylamine groups is 2. The molecule has 2 aliphatic rings. The number of hydrogen-bond donors (Lipinski definition) is 3. The second-order valence-corrected chi connectivity index (χ2v) is 10.7. The number of nitrogens with one attached hydrogen (secondary N) is 2. The van der Waals surface area contributed by atoms with Crippen molar-refractivity contribution in [1.29, 1.82) is 0 Å². The molecule has 3 N–H and O–H groups in total. The smallest absolute Gasteiger partial charge is 0.407 e. The lowest BCUT2D eigenvalue weighted by molar-refractivity contribution is -0.141. The standard InChI is InChI=1S/C25H34N6O6/c1-24(2,3)37-22(34)26-11-12-30-19-17(13-27-30)18-14-29(20(19)25(4,5)28-21(32)33)23(35)31(18)36-15-16-9-7-6-8-10-16/h6-10,13,18,20,28H,11-12,14-15H2,1-5H3,(H,26,34)(H,32,33)/t18-,20?/m1/s1. The molecule has 1 saturated heterocycles. The van der Waals surface area contributed by atoms with Gasteiger partial charge in [-0.05, 0) is 40.2 Å². The molecule has 4 amide bonds. The summed E-state index contributed by atoms with van der Waals surface area (Å²) in [6.45, 7) is 9.88. The van der Waals surface area contributed by atoms with Crippen LogP contribution in [0.15, 0.2) is 36.5 Å². The highest BCUT2D eigenvalue weighted by molar-refractivity contribution is 5.79. The van der Waals surface area contributed by atoms with E-state index in [0.29, 0.717) is 18.8 Å². The molecule has 1 fully saturated rings. The summed E-state index contributed by atoms with van der Waals surface area (Å²) < 4.78 is 7.00. The lowest BCUT2D eigenvalue weighted by Gasteiger charge is -2.41. The van der Waals surface area contributed by atoms with E-state index in [0.717, 1.165) is 11.1 Å². The lowest BCUT2D eigenvalue weighted by Crippen LogP contribution is -2.55. The van der Waals surface area contributed by atoms with Gasteiger partial charge in [0.1, 0.15) is 18.2 Å². The SMILES string of the molecule is CC(C)(C)OC(=O)NCCn1ncc2c1C(C(C)(C)NC(=O)O)N1C[C@H]2N(OCc2ccccc2)C1=O. The fraction of sp³-hybridized carbons (Fsp3) is 0.520. The number of nitrogens with zero attached hydrogens (tertiary/aromatic N) is 4. The van der Waals surface area contributed by atoms with Crippen LogP contribution < -0.4 is 10.6 Å². The zero-order valence-corrected chi connectivity index (χ0v) is 21.7. The van der Waals surface area contributed by atoms with Crippen LogP contribution in [0.4, 0.5) is 14.4 Å². The third-order valence-corrected chi connectivity index (χ3v) is 6.24. The Balaban J connectivity index is 1.60. The first kappa shape index (κ1) is 26.3. The van der Waals surface area contributed by atoms with E-state index in [4.69, 9.17) is 9.57 Å². The molecular weight excluding hydrogens is 480 g/mol. The zero-order valence-electron chi connectivity index (χ0n) is 21.7. The molecule has 12 nitrogen and oxygen atoms in total. The van der Waals surface area contributed by atoms with Gasteiger partial charge in [-0.15, -0.1) is 0 Å². The Bertz CT molecular complexity index is 1160. The molecule has 2 bridgehead atoms. The third-order valence-electron chi connectivity index (χ3n) is 6.24. The molecule has 200 valence electrons. The number of aromatic nitrogens is 2. The molecule has 0 spiro atoms. The maximum atomic E-state index is 13.5. The van der Waals surface area contributed by atoms with E-state index in [1.54, 1.807) is 50.4 Å². The Morgan fingerprint density at radius 1 is 1.16 bits per heavy atom. The number of alkyl carbamates (subject to hydrolysis) is 1. The van der Waals surface area contributed by atoms with Crippen LogP contribution in [0.3, 0.4) is 0 Å². The van der Waals surface area contributed by atoms with Gasteiger partial charge in [-0.25, -0.2) is 14.4 Å². The van der Waals surface area contributed by atoms with Gasteiger partial charge in [0.2, 0.25) is 0 Å². The van der Waals surface area contributed by atoms with Crippen molar-refractivity contribution >= 4 is 18.2 Å². The molecular formula is C25H34N6O6. The summed E-state index contributed by atoms with van der Waals surface area (Å²) in [5.74, 6) is 0. The molecule has 0 radical (unpaired) electrons. The Hall–Kier alpha value is -3.80. The highest BCUT2D eigenvalue weighted by Gasteiger charge is 2.55. The number of fused-ring (bicyclic) bond motifs is 4. The van der Waals surface area contributed by atoms with E-state index in [1.165, 1.54) is 5.06 Å². The lowest BCUT2D eigenvalue weighted by atomic mass is 9.85. The van der Waals surface area contributed by atoms with Crippen molar-refractivity contribution in [3.8, 4) is 0 Å². The van der Waals surface area contributed by atoms with Gasteiger partial charge < -0.3 is 25.4 Å². The number of carbonyl (C=O) groups is 3. The number of hydrogen-bond acceptors (Lipinski definition) is 6. The van der Waals surface area contributed by atoms with Gasteiger partial charge in [0.25, 0.3) is 0 Å². The van der Waals surface area contributed by atoms with Crippen molar-refractivity contribution in [2.45, 2.75) is 71.0 Å². The van der Waals surface area contributed by atoms with E-state index in [2.05, 4.69) is 15.7 Å². The Morgan fingerprint density at radius 2 is 1.86 bits per heavy atom. The quantitative estimate of drug-likeness (QED) is 0.491. The van der Waals surface area contributed by atoms with Crippen molar-refractivity contribution in [3.05, 3.63) is 53.3 Å². The van der Waals surface area contributed by atoms with Crippen LogP contribution in [-0.4, -0.2) is 67.3 Å². The van der Waals surface area contributed by atoms with Gasteiger partial charge in [0.05, 0.1) is 36.6 Å². The minimum absolute atomic E-state index is 0.210. The molecule has 2 atom stereocenters. The average molecular weight is 515 g/mol. The largest absolute Gasteiger partial charge is 0.465 e. The fourth-order valence-corrected chi connectivity index (χ4v) is 4.85. The molecule has 0 saturated carbocycles. The molecule has 1 aromatic carbocycles. The number of rotatable bonds is 8. The molecule has 3 heterocycles. The summed E-state index contributed by atoms with van der Waals surface area (Å²) in [5.41, 5.74) is 0.716. The predicted octanol–water partition coefficient (Wildman–Crippen LogP) is 3.42. The Labute approximate surface area is 215 Å². The first-order valence-corrected chi connectivity index (χ1v) is 12.2. The summed E-state index contributed by atoms with van der Waals surface area (Å²) in [5, 5.41) is 20.7. The van der Waals surface area contributed by atoms with Crippen LogP contribution in [0.2, 0.25) is 0 Å². The molecule has 37 heavy (non-hydrogen) atoms. The zero-order chi connectivity index (χ0) is 27.0. The van der Waals surface area contributed by atoms with Crippen LogP contribution >= 0.6 is 0 Å². The first-order chi connectivity index (χ1) is 17.4. The second-order valence-electron chi connectivity index (χ2n) is 10.7. The van der Waals surface area contributed by atoms with E-state index in [1.807, 2.05) is 30.3 Å². The normalized spacial score (nSPS) is 19.0. The predicted molar refractivity (Wildman–Crippen MR) is 132 cm³/mol. The van der Waals surface area contributed by atoms with Crippen molar-refractivity contribution < 1.29 is 29.1 Å². The van der Waals surface area contributed by atoms with Gasteiger partial charge in [0, 0.05) is 12.1 Å². The second kappa shape index (κ2) is 9.92. The summed E-state index contributed by atoms with van der Waals surface area (Å²) in [6.07, 6.45) is -0.0563. The molecule has 2 aliphatic heterocycles. The van der Waals surface area contributed by atoms with Gasteiger partial charge in [0.15, 0.2) is 0 Å². The number of carboxylic acid groups (broad SMARTS) is 1.